The number of hydrogen-bond donors (Lipinski definition) is 1. The van der Waals surface area contributed by atoms with Crippen molar-refractivity contribution < 1.29 is 4.79 Å². The van der Waals surface area contributed by atoms with Crippen LogP contribution in [0.2, 0.25) is 0 Å². The van der Waals surface area contributed by atoms with Gasteiger partial charge in [-0.1, -0.05) is 25.3 Å². The minimum atomic E-state index is -0.169. The summed E-state index contributed by atoms with van der Waals surface area (Å²) in [4.78, 5) is 12.7. The molecule has 1 amide bonds. The molecule has 0 saturated heterocycles. The minimum absolute atomic E-state index is 0.169. The van der Waals surface area contributed by atoms with Crippen molar-refractivity contribution in [3.63, 3.8) is 0 Å². The van der Waals surface area contributed by atoms with Crippen LogP contribution in [0.1, 0.15) is 36.1 Å². The van der Waals surface area contributed by atoms with Crippen LogP contribution in [0.5, 0.6) is 0 Å². The molecule has 0 aliphatic rings. The summed E-state index contributed by atoms with van der Waals surface area (Å²) in [5.41, 5.74) is 0.734. The number of carbonyl (C=O) groups is 1. The highest BCUT2D eigenvalue weighted by Gasteiger charge is 2.16. The van der Waals surface area contributed by atoms with Gasteiger partial charge in [-0.25, -0.2) is 4.68 Å². The molecule has 0 aliphatic heterocycles. The van der Waals surface area contributed by atoms with E-state index in [1.165, 1.54) is 0 Å². The zero-order chi connectivity index (χ0) is 13.8. The first-order valence-electron chi connectivity index (χ1n) is 6.26. The standard InChI is InChI=1S/C12H17N5OS/c1-4-9-11(19-16-15-9)12(18)14-10-5-6-13-17(10)7-8(2)3/h5-6,8H,4,7H2,1-3H3,(H,14,18). The van der Waals surface area contributed by atoms with Crippen molar-refractivity contribution in [2.24, 2.45) is 5.92 Å². The maximum Gasteiger partial charge on any atom is 0.270 e. The lowest BCUT2D eigenvalue weighted by molar-refractivity contribution is 0.102. The van der Waals surface area contributed by atoms with Gasteiger partial charge < -0.3 is 5.32 Å². The molecule has 2 rings (SSSR count). The zero-order valence-corrected chi connectivity index (χ0v) is 12.1. The summed E-state index contributed by atoms with van der Waals surface area (Å²) in [7, 11) is 0. The molecule has 19 heavy (non-hydrogen) atoms. The topological polar surface area (TPSA) is 72.7 Å². The number of nitrogens with zero attached hydrogens (tertiary/aromatic N) is 4. The quantitative estimate of drug-likeness (QED) is 0.910. The van der Waals surface area contributed by atoms with E-state index in [2.05, 4.69) is 33.8 Å². The molecular weight excluding hydrogens is 262 g/mol. The van der Waals surface area contributed by atoms with Gasteiger partial charge in [0, 0.05) is 12.6 Å². The molecular formula is C12H17N5OS. The first kappa shape index (κ1) is 13.7. The highest BCUT2D eigenvalue weighted by molar-refractivity contribution is 7.08. The fourth-order valence-electron chi connectivity index (χ4n) is 1.72. The van der Waals surface area contributed by atoms with Crippen LogP contribution in [0, 0.1) is 5.92 Å². The molecule has 0 aromatic carbocycles. The third-order valence-electron chi connectivity index (χ3n) is 2.59. The molecule has 0 saturated carbocycles. The number of aryl methyl sites for hydroxylation is 1. The molecule has 0 atom stereocenters. The molecule has 1 N–H and O–H groups in total. The van der Waals surface area contributed by atoms with Gasteiger partial charge in [0.15, 0.2) is 0 Å². The van der Waals surface area contributed by atoms with E-state index in [1.807, 2.05) is 6.92 Å². The van der Waals surface area contributed by atoms with Crippen LogP contribution in [0.15, 0.2) is 12.3 Å². The number of anilines is 1. The van der Waals surface area contributed by atoms with E-state index >= 15 is 0 Å². The Morgan fingerprint density at radius 1 is 1.53 bits per heavy atom. The average molecular weight is 279 g/mol. The number of aromatic nitrogens is 4. The Kier molecular flexibility index (Phi) is 4.26. The Labute approximate surface area is 116 Å². The van der Waals surface area contributed by atoms with Crippen LogP contribution in [-0.4, -0.2) is 25.3 Å². The maximum absolute atomic E-state index is 12.2. The van der Waals surface area contributed by atoms with Gasteiger partial charge in [0.05, 0.1) is 11.9 Å². The molecule has 0 bridgehead atoms. The first-order chi connectivity index (χ1) is 9.11. The highest BCUT2D eigenvalue weighted by Crippen LogP contribution is 2.15. The van der Waals surface area contributed by atoms with Gasteiger partial charge in [0.25, 0.3) is 5.91 Å². The molecule has 2 aromatic heterocycles. The van der Waals surface area contributed by atoms with E-state index in [9.17, 15) is 4.79 Å². The fourth-order valence-corrected chi connectivity index (χ4v) is 2.36. The normalized spacial score (nSPS) is 10.9. The summed E-state index contributed by atoms with van der Waals surface area (Å²) >= 11 is 1.12. The maximum atomic E-state index is 12.2. The smallest absolute Gasteiger partial charge is 0.270 e. The van der Waals surface area contributed by atoms with Crippen molar-refractivity contribution in [2.45, 2.75) is 33.7 Å². The van der Waals surface area contributed by atoms with Crippen molar-refractivity contribution in [3.05, 3.63) is 22.8 Å². The van der Waals surface area contributed by atoms with Crippen LogP contribution >= 0.6 is 11.5 Å². The van der Waals surface area contributed by atoms with Crippen molar-refractivity contribution >= 4 is 23.3 Å². The molecule has 7 heteroatoms. The Balaban J connectivity index is 2.13. The largest absolute Gasteiger partial charge is 0.306 e. The van der Waals surface area contributed by atoms with Gasteiger partial charge in [-0.3, -0.25) is 4.79 Å². The minimum Gasteiger partial charge on any atom is -0.306 e. The van der Waals surface area contributed by atoms with Gasteiger partial charge >= 0.3 is 0 Å². The monoisotopic (exact) mass is 279 g/mol. The Bertz CT molecular complexity index is 560. The van der Waals surface area contributed by atoms with Gasteiger partial charge in [0.1, 0.15) is 10.7 Å². The lowest BCUT2D eigenvalue weighted by atomic mass is 10.2. The Morgan fingerprint density at radius 3 is 3.00 bits per heavy atom. The van der Waals surface area contributed by atoms with Crippen molar-refractivity contribution in [2.75, 3.05) is 5.32 Å². The summed E-state index contributed by atoms with van der Waals surface area (Å²) in [6.45, 7) is 6.94. The first-order valence-corrected chi connectivity index (χ1v) is 7.03. The predicted octanol–water partition coefficient (Wildman–Crippen LogP) is 2.21. The summed E-state index contributed by atoms with van der Waals surface area (Å²) in [6.07, 6.45) is 2.38. The summed E-state index contributed by atoms with van der Waals surface area (Å²) in [5.74, 6) is 0.998. The van der Waals surface area contributed by atoms with E-state index in [4.69, 9.17) is 0 Å². The number of carbonyl (C=O) groups excluding carboxylic acids is 1. The Morgan fingerprint density at radius 2 is 2.32 bits per heavy atom. The van der Waals surface area contributed by atoms with Crippen LogP contribution in [-0.2, 0) is 13.0 Å². The molecule has 0 radical (unpaired) electrons. The van der Waals surface area contributed by atoms with E-state index in [0.29, 0.717) is 23.0 Å². The second-order valence-corrected chi connectivity index (χ2v) is 5.40. The molecule has 0 spiro atoms. The van der Waals surface area contributed by atoms with E-state index in [1.54, 1.807) is 16.9 Å². The molecule has 0 aliphatic carbocycles. The number of amides is 1. The van der Waals surface area contributed by atoms with E-state index < -0.39 is 0 Å². The molecule has 0 fully saturated rings. The number of rotatable bonds is 5. The van der Waals surface area contributed by atoms with Crippen molar-refractivity contribution in [1.29, 1.82) is 0 Å². The van der Waals surface area contributed by atoms with Crippen LogP contribution in [0.3, 0.4) is 0 Å². The molecule has 2 heterocycles. The second kappa shape index (κ2) is 5.92. The fraction of sp³-hybridized carbons (Fsp3) is 0.500. The summed E-state index contributed by atoms with van der Waals surface area (Å²) in [6, 6.07) is 1.79. The van der Waals surface area contributed by atoms with Crippen molar-refractivity contribution in [3.8, 4) is 0 Å². The third kappa shape index (κ3) is 3.17. The molecule has 0 unspecified atom stereocenters. The van der Waals surface area contributed by atoms with E-state index in [0.717, 1.165) is 23.8 Å². The number of hydrogen-bond acceptors (Lipinski definition) is 5. The molecule has 2 aromatic rings. The van der Waals surface area contributed by atoms with Crippen LogP contribution < -0.4 is 5.32 Å². The van der Waals surface area contributed by atoms with Crippen molar-refractivity contribution in [1.82, 2.24) is 19.4 Å². The summed E-state index contributed by atoms with van der Waals surface area (Å²) in [5, 5.41) is 11.0. The van der Waals surface area contributed by atoms with Gasteiger partial charge in [0.2, 0.25) is 0 Å². The van der Waals surface area contributed by atoms with Crippen LogP contribution in [0.25, 0.3) is 0 Å². The lowest BCUT2D eigenvalue weighted by Crippen LogP contribution is -2.17. The average Bonchev–Trinajstić information content (AvgIpc) is 2.97. The lowest BCUT2D eigenvalue weighted by Gasteiger charge is -2.10. The third-order valence-corrected chi connectivity index (χ3v) is 3.36. The Hall–Kier alpha value is -1.76. The van der Waals surface area contributed by atoms with Gasteiger partial charge in [-0.15, -0.1) is 5.10 Å². The zero-order valence-electron chi connectivity index (χ0n) is 11.3. The van der Waals surface area contributed by atoms with Crippen LogP contribution in [0.4, 0.5) is 5.82 Å². The highest BCUT2D eigenvalue weighted by atomic mass is 32.1. The van der Waals surface area contributed by atoms with Gasteiger partial charge in [-0.2, -0.15) is 5.10 Å². The predicted molar refractivity (Wildman–Crippen MR) is 74.3 cm³/mol. The SMILES string of the molecule is CCc1nnsc1C(=O)Nc1ccnn1CC(C)C. The molecule has 6 nitrogen and oxygen atoms in total. The van der Waals surface area contributed by atoms with E-state index in [-0.39, 0.29) is 5.91 Å². The van der Waals surface area contributed by atoms with Gasteiger partial charge in [-0.05, 0) is 23.9 Å². The number of nitrogens with one attached hydrogen (secondary N) is 1. The summed E-state index contributed by atoms with van der Waals surface area (Å²) < 4.78 is 5.62. The second-order valence-electron chi connectivity index (χ2n) is 4.65. The molecule has 102 valence electrons.